The lowest BCUT2D eigenvalue weighted by atomic mass is 10.0. The van der Waals surface area contributed by atoms with Crippen molar-refractivity contribution in [3.05, 3.63) is 280 Å². The van der Waals surface area contributed by atoms with E-state index in [9.17, 15) is 24.0 Å². The van der Waals surface area contributed by atoms with Crippen LogP contribution in [0.3, 0.4) is 0 Å². The Kier molecular flexibility index (Phi) is 36.6. The third-order valence-electron chi connectivity index (χ3n) is 20.9. The molecule has 0 aliphatic heterocycles. The molecule has 644 valence electrons. The molecule has 121 heavy (non-hydrogen) atoms. The van der Waals surface area contributed by atoms with Gasteiger partial charge < -0.3 is 56.8 Å². The summed E-state index contributed by atoms with van der Waals surface area (Å²) in [6.07, 6.45) is 0.640. The number of hydrogen-bond donors (Lipinski definition) is 5. The van der Waals surface area contributed by atoms with Gasteiger partial charge in [-0.15, -0.1) is 0 Å². The van der Waals surface area contributed by atoms with Crippen molar-refractivity contribution in [3.63, 3.8) is 0 Å². The second-order valence-corrected chi connectivity index (χ2v) is 29.8. The van der Waals surface area contributed by atoms with Crippen molar-refractivity contribution in [1.29, 1.82) is 0 Å². The van der Waals surface area contributed by atoms with Crippen molar-refractivity contribution < 1.29 is 80.8 Å². The number of methoxy groups -OCH3 is 6. The molecule has 10 aromatic rings. The minimum Gasteiger partial charge on any atom is -0.495 e. The SMILES string of the molecule is CCOc1cccc(COc2cc(C)c(C)cc2C)c1NC(=O)OC.CCc1cccc(COc2cc(C)c(C)cc2C)c1NC(=O)OC.COC(=O)Nc1c(C)cccc1COc1cc(C)c(C)cc1C.COC(=O)Nc1c(COc2cc(C)c(C)cc2C)cccc1C1CC1.COC(=O)Nc1c(COc2cc(C)c(C)cc2C)cccc1OC. The van der Waals surface area contributed by atoms with Crippen LogP contribution in [-0.2, 0) is 63.1 Å². The summed E-state index contributed by atoms with van der Waals surface area (Å²) in [6.45, 7) is 39.1. The summed E-state index contributed by atoms with van der Waals surface area (Å²) in [7, 11) is 8.28. The summed E-state index contributed by atoms with van der Waals surface area (Å²) in [5.74, 6) is 5.92. The van der Waals surface area contributed by atoms with Crippen LogP contribution in [0.4, 0.5) is 52.4 Å². The Hall–Kier alpha value is -12.9. The first-order valence-electron chi connectivity index (χ1n) is 40.3. The van der Waals surface area contributed by atoms with E-state index in [4.69, 9.17) is 47.4 Å². The third kappa shape index (κ3) is 27.9. The highest BCUT2D eigenvalue weighted by Crippen LogP contribution is 2.45. The molecule has 1 aliphatic carbocycles. The van der Waals surface area contributed by atoms with Gasteiger partial charge in [-0.05, 0) is 285 Å². The van der Waals surface area contributed by atoms with Crippen LogP contribution in [0.25, 0.3) is 0 Å². The van der Waals surface area contributed by atoms with E-state index < -0.39 is 30.5 Å². The predicted octanol–water partition coefficient (Wildman–Crippen LogP) is 24.0. The smallest absolute Gasteiger partial charge is 0.411 e. The molecular formula is C99H121N5O17. The van der Waals surface area contributed by atoms with Crippen LogP contribution in [0, 0.1) is 111 Å². The van der Waals surface area contributed by atoms with Crippen molar-refractivity contribution in [1.82, 2.24) is 0 Å². The number of amides is 5. The van der Waals surface area contributed by atoms with E-state index in [0.717, 1.165) is 132 Å². The number of carbonyl (C=O) groups excluding carboxylic acids is 5. The summed E-state index contributed by atoms with van der Waals surface area (Å²) >= 11 is 0. The fraction of sp³-hybridized carbons (Fsp3) is 0.343. The number of carbonyl (C=O) groups is 5. The zero-order valence-electron chi connectivity index (χ0n) is 74.8. The van der Waals surface area contributed by atoms with E-state index in [-0.39, 0.29) is 0 Å². The summed E-state index contributed by atoms with van der Waals surface area (Å²) in [5.41, 5.74) is 28.7. The number of benzene rings is 10. The molecule has 1 fully saturated rings. The van der Waals surface area contributed by atoms with E-state index in [1.165, 1.54) is 96.7 Å². The van der Waals surface area contributed by atoms with Gasteiger partial charge in [-0.25, -0.2) is 24.0 Å². The molecule has 0 heterocycles. The van der Waals surface area contributed by atoms with Gasteiger partial charge in [0.25, 0.3) is 0 Å². The maximum absolute atomic E-state index is 11.8. The number of aryl methyl sites for hydroxylation is 17. The molecule has 22 heteroatoms. The quantitative estimate of drug-likeness (QED) is 0.0333. The molecule has 0 aromatic heterocycles. The molecule has 0 saturated heterocycles. The normalized spacial score (nSPS) is 10.9. The van der Waals surface area contributed by atoms with Crippen molar-refractivity contribution in [3.8, 4) is 40.2 Å². The lowest BCUT2D eigenvalue weighted by molar-refractivity contribution is 0.185. The first-order valence-corrected chi connectivity index (χ1v) is 40.3. The number of anilines is 5. The maximum atomic E-state index is 11.8. The topological polar surface area (TPSA) is 256 Å². The van der Waals surface area contributed by atoms with Crippen LogP contribution in [0.5, 0.6) is 40.2 Å². The van der Waals surface area contributed by atoms with Gasteiger partial charge in [-0.2, -0.15) is 0 Å². The Bertz CT molecular complexity index is 5120. The first-order chi connectivity index (χ1) is 57.8. The lowest BCUT2D eigenvalue weighted by Crippen LogP contribution is -2.15. The molecule has 10 aromatic carbocycles. The molecule has 1 aliphatic rings. The monoisotopic (exact) mass is 1650 g/mol. The molecule has 5 amide bonds. The van der Waals surface area contributed by atoms with Crippen LogP contribution in [-0.4, -0.2) is 79.7 Å². The molecule has 0 bridgehead atoms. The molecule has 5 N–H and O–H groups in total. The Labute approximate surface area is 714 Å². The molecule has 0 unspecified atom stereocenters. The number of nitrogens with one attached hydrogen (secondary N) is 5. The van der Waals surface area contributed by atoms with Gasteiger partial charge in [-0.3, -0.25) is 26.6 Å². The average molecular weight is 1650 g/mol. The number of para-hydroxylation sites is 5. The van der Waals surface area contributed by atoms with Gasteiger partial charge in [0, 0.05) is 27.8 Å². The molecule has 0 spiro atoms. The van der Waals surface area contributed by atoms with Crippen LogP contribution in [0.2, 0.25) is 0 Å². The highest BCUT2D eigenvalue weighted by atomic mass is 16.6. The number of rotatable bonds is 25. The maximum Gasteiger partial charge on any atom is 0.411 e. The largest absolute Gasteiger partial charge is 0.495 e. The lowest BCUT2D eigenvalue weighted by Gasteiger charge is -2.17. The third-order valence-corrected chi connectivity index (χ3v) is 20.9. The number of hydrogen-bond acceptors (Lipinski definition) is 17. The van der Waals surface area contributed by atoms with E-state index in [1.807, 2.05) is 133 Å². The highest BCUT2D eigenvalue weighted by Gasteiger charge is 2.29. The Morgan fingerprint density at radius 1 is 0.264 bits per heavy atom. The van der Waals surface area contributed by atoms with Gasteiger partial charge in [0.1, 0.15) is 73.3 Å². The van der Waals surface area contributed by atoms with E-state index in [2.05, 4.69) is 168 Å². The van der Waals surface area contributed by atoms with Crippen molar-refractivity contribution in [2.24, 2.45) is 0 Å². The zero-order valence-corrected chi connectivity index (χ0v) is 74.8. The van der Waals surface area contributed by atoms with Crippen LogP contribution in [0.15, 0.2) is 152 Å². The highest BCUT2D eigenvalue weighted by molar-refractivity contribution is 5.90. The second-order valence-electron chi connectivity index (χ2n) is 29.8. The molecule has 0 radical (unpaired) electrons. The van der Waals surface area contributed by atoms with Crippen LogP contribution in [0.1, 0.15) is 161 Å². The minimum atomic E-state index is -0.553. The summed E-state index contributed by atoms with van der Waals surface area (Å²) in [5, 5.41) is 13.9. The molecule has 1 saturated carbocycles. The number of ether oxygens (including phenoxy) is 12. The molecule has 0 atom stereocenters. The predicted molar refractivity (Wildman–Crippen MR) is 481 cm³/mol. The molecule has 11 rings (SSSR count). The van der Waals surface area contributed by atoms with Gasteiger partial charge in [0.05, 0.1) is 77.7 Å². The van der Waals surface area contributed by atoms with Gasteiger partial charge in [0.15, 0.2) is 0 Å². The summed E-state index contributed by atoms with van der Waals surface area (Å²) < 4.78 is 64.5. The Balaban J connectivity index is 0.000000208. The van der Waals surface area contributed by atoms with Crippen LogP contribution < -0.4 is 59.7 Å². The fourth-order valence-corrected chi connectivity index (χ4v) is 13.0. The van der Waals surface area contributed by atoms with Crippen LogP contribution >= 0.6 is 0 Å². The zero-order chi connectivity index (χ0) is 88.7. The minimum absolute atomic E-state index is 0.305. The van der Waals surface area contributed by atoms with Gasteiger partial charge >= 0.3 is 30.5 Å². The van der Waals surface area contributed by atoms with Gasteiger partial charge in [0.2, 0.25) is 0 Å². The van der Waals surface area contributed by atoms with Crippen molar-refractivity contribution in [2.75, 3.05) is 75.8 Å². The standard InChI is InChI=1S/C21H25NO3.C20H25NO4.C20H25NO3.C19H23NO4.C19H23NO3/c1-13-10-15(3)19(11-14(13)2)25-12-17-6-5-7-18(16-8-9-16)20(17)22-21(23)24-4;1-6-24-17-9-7-8-16(19(17)21-20(22)23-5)12-25-18-11-14(3)13(2)10-15(18)4;1-6-16-8-7-9-17(19(16)21-20(22)23-5)12-24-18-11-14(3)13(2)10-15(18)4;1-12-9-14(3)17(10-13(12)2)24-11-15-7-6-8-16(22-4)18(15)20-19(21)23-5;1-12-7-6-8-16(18(12)20-19(21)22-5)11-23-17-10-14(3)13(2)9-15(17)4/h5-7,10-11,16H,8-9,12H2,1-4H3,(H,22,23);7-11H,6,12H2,1-5H3,(H,21,22);7-11H,6,12H2,1-5H3,(H,21,22);6-10H,11H2,1-5H3,(H,20,21);6-10H,11H2,1-5H3,(H,20,21). The Morgan fingerprint density at radius 3 is 0.843 bits per heavy atom. The fourth-order valence-electron chi connectivity index (χ4n) is 13.0. The van der Waals surface area contributed by atoms with Gasteiger partial charge in [-0.1, -0.05) is 116 Å². The second kappa shape index (κ2) is 46.5. The van der Waals surface area contributed by atoms with E-state index in [0.29, 0.717) is 68.4 Å². The molecular weight excluding hydrogens is 1530 g/mol. The first kappa shape index (κ1) is 95.3. The molecule has 22 nitrogen and oxygen atoms in total. The van der Waals surface area contributed by atoms with Crippen molar-refractivity contribution >= 4 is 58.9 Å². The van der Waals surface area contributed by atoms with E-state index in [1.54, 1.807) is 19.2 Å². The average Bonchev–Trinajstić information content (AvgIpc) is 1.65. The van der Waals surface area contributed by atoms with E-state index >= 15 is 0 Å². The summed E-state index contributed by atoms with van der Waals surface area (Å²) in [4.78, 5) is 58.2. The Morgan fingerprint density at radius 2 is 0.521 bits per heavy atom. The summed E-state index contributed by atoms with van der Waals surface area (Å²) in [6, 6.07) is 49.8. The van der Waals surface area contributed by atoms with Crippen molar-refractivity contribution in [2.45, 2.75) is 183 Å².